The maximum absolute atomic E-state index is 11.2. The van der Waals surface area contributed by atoms with Crippen LogP contribution in [0.15, 0.2) is 64.3 Å². The van der Waals surface area contributed by atoms with Crippen molar-refractivity contribution in [2.45, 2.75) is 32.0 Å². The van der Waals surface area contributed by atoms with Gasteiger partial charge in [-0.25, -0.2) is 0 Å². The third kappa shape index (κ3) is 4.02. The number of nitro groups is 1. The zero-order valence-electron chi connectivity index (χ0n) is 15.7. The molecule has 2 unspecified atom stereocenters. The van der Waals surface area contributed by atoms with Gasteiger partial charge in [0, 0.05) is 30.5 Å². The van der Waals surface area contributed by atoms with Gasteiger partial charge in [-0.2, -0.15) is 0 Å². The second kappa shape index (κ2) is 7.84. The van der Waals surface area contributed by atoms with Crippen molar-refractivity contribution in [1.82, 2.24) is 5.16 Å². The van der Waals surface area contributed by atoms with Gasteiger partial charge in [-0.05, 0) is 13.0 Å². The van der Waals surface area contributed by atoms with Gasteiger partial charge in [0.2, 0.25) is 0 Å². The quantitative estimate of drug-likeness (QED) is 0.497. The molecule has 2 atom stereocenters. The third-order valence-electron chi connectivity index (χ3n) is 4.83. The minimum Gasteiger partial charge on any atom is -0.392 e. The zero-order chi connectivity index (χ0) is 20.4. The van der Waals surface area contributed by atoms with E-state index in [2.05, 4.69) is 10.3 Å². The molecule has 1 aliphatic rings. The Labute approximate surface area is 166 Å². The van der Waals surface area contributed by atoms with Gasteiger partial charge in [0.1, 0.15) is 17.9 Å². The fraction of sp³-hybridized carbons (Fsp3) is 0.238. The predicted octanol–water partition coefficient (Wildman–Crippen LogP) is 4.17. The lowest BCUT2D eigenvalue weighted by molar-refractivity contribution is -0.385. The van der Waals surface area contributed by atoms with Gasteiger partial charge in [-0.15, -0.1) is 0 Å². The van der Waals surface area contributed by atoms with E-state index in [9.17, 15) is 15.2 Å². The molecule has 0 radical (unpaired) electrons. The van der Waals surface area contributed by atoms with Crippen molar-refractivity contribution in [1.29, 1.82) is 0 Å². The van der Waals surface area contributed by atoms with Crippen molar-refractivity contribution in [3.05, 3.63) is 81.6 Å². The summed E-state index contributed by atoms with van der Waals surface area (Å²) in [6.07, 6.45) is -0.739. The fourth-order valence-electron chi connectivity index (χ4n) is 3.26. The number of aromatic nitrogens is 1. The van der Waals surface area contributed by atoms with E-state index in [-0.39, 0.29) is 12.1 Å². The van der Waals surface area contributed by atoms with E-state index in [4.69, 9.17) is 9.36 Å². The van der Waals surface area contributed by atoms with E-state index in [0.29, 0.717) is 29.2 Å². The van der Waals surface area contributed by atoms with Crippen LogP contribution in [0, 0.1) is 17.0 Å². The Kier molecular flexibility index (Phi) is 5.09. The molecule has 0 fully saturated rings. The van der Waals surface area contributed by atoms with Gasteiger partial charge in [-0.1, -0.05) is 52.3 Å². The van der Waals surface area contributed by atoms with Crippen molar-refractivity contribution in [3.8, 4) is 11.3 Å². The van der Waals surface area contributed by atoms with Crippen LogP contribution in [0.1, 0.15) is 35.8 Å². The standard InChI is InChI=1S/C21H19N3O5/c1-13-6-8-14(9-7-13)17-12-21(29-22-17)20(25)11-15-10-18(23-28-15)16-4-2-3-5-19(16)24(26)27/h2-9,12,15,20,25H,10-11H2,1H3. The molecule has 1 aliphatic heterocycles. The molecule has 0 aliphatic carbocycles. The first-order valence-corrected chi connectivity index (χ1v) is 9.19. The Hall–Kier alpha value is -3.52. The van der Waals surface area contributed by atoms with Gasteiger partial charge in [0.25, 0.3) is 5.69 Å². The molecule has 2 aromatic carbocycles. The summed E-state index contributed by atoms with van der Waals surface area (Å²) in [6.45, 7) is 2.00. The fourth-order valence-corrected chi connectivity index (χ4v) is 3.26. The summed E-state index contributed by atoms with van der Waals surface area (Å²) in [5.41, 5.74) is 3.59. The second-order valence-electron chi connectivity index (χ2n) is 6.98. The number of benzene rings is 2. The van der Waals surface area contributed by atoms with E-state index >= 15 is 0 Å². The average molecular weight is 393 g/mol. The summed E-state index contributed by atoms with van der Waals surface area (Å²) in [4.78, 5) is 16.2. The number of para-hydroxylation sites is 1. The van der Waals surface area contributed by atoms with Crippen molar-refractivity contribution in [2.75, 3.05) is 0 Å². The highest BCUT2D eigenvalue weighted by Gasteiger charge is 2.30. The molecule has 0 bridgehead atoms. The topological polar surface area (TPSA) is 111 Å². The number of oxime groups is 1. The summed E-state index contributed by atoms with van der Waals surface area (Å²) >= 11 is 0. The van der Waals surface area contributed by atoms with Crippen LogP contribution in [0.2, 0.25) is 0 Å². The van der Waals surface area contributed by atoms with Crippen molar-refractivity contribution >= 4 is 11.4 Å². The van der Waals surface area contributed by atoms with E-state index in [1.54, 1.807) is 24.3 Å². The lowest BCUT2D eigenvalue weighted by atomic mass is 9.99. The SMILES string of the molecule is Cc1ccc(-c2cc(C(O)CC3CC(c4ccccc4[N+](=O)[O-])=NO3)on2)cc1. The molecular formula is C21H19N3O5. The first-order chi connectivity index (χ1) is 14.0. The normalized spacial score (nSPS) is 16.9. The van der Waals surface area contributed by atoms with Crippen molar-refractivity contribution in [2.24, 2.45) is 5.16 Å². The molecule has 148 valence electrons. The van der Waals surface area contributed by atoms with Crippen LogP contribution in [0.4, 0.5) is 5.69 Å². The van der Waals surface area contributed by atoms with E-state index in [0.717, 1.165) is 11.1 Å². The highest BCUT2D eigenvalue weighted by atomic mass is 16.6. The van der Waals surface area contributed by atoms with Crippen LogP contribution in [0.5, 0.6) is 0 Å². The third-order valence-corrected chi connectivity index (χ3v) is 4.83. The van der Waals surface area contributed by atoms with Crippen LogP contribution < -0.4 is 0 Å². The number of rotatable bonds is 6. The van der Waals surface area contributed by atoms with Crippen molar-refractivity contribution in [3.63, 3.8) is 0 Å². The highest BCUT2D eigenvalue weighted by molar-refractivity contribution is 6.04. The Morgan fingerprint density at radius 1 is 1.24 bits per heavy atom. The monoisotopic (exact) mass is 393 g/mol. The van der Waals surface area contributed by atoms with Crippen molar-refractivity contribution < 1.29 is 19.4 Å². The molecule has 3 aromatic rings. The smallest absolute Gasteiger partial charge is 0.278 e. The number of hydrogen-bond acceptors (Lipinski definition) is 7. The molecule has 1 aromatic heterocycles. The highest BCUT2D eigenvalue weighted by Crippen LogP contribution is 2.30. The summed E-state index contributed by atoms with van der Waals surface area (Å²) in [7, 11) is 0. The minimum atomic E-state index is -0.924. The molecule has 29 heavy (non-hydrogen) atoms. The van der Waals surface area contributed by atoms with Crippen LogP contribution in [-0.2, 0) is 4.84 Å². The van der Waals surface area contributed by atoms with Gasteiger partial charge in [0.05, 0.1) is 16.2 Å². The average Bonchev–Trinajstić information content (AvgIpc) is 3.38. The molecule has 4 rings (SSSR count). The summed E-state index contributed by atoms with van der Waals surface area (Å²) < 4.78 is 5.30. The number of nitrogens with zero attached hydrogens (tertiary/aromatic N) is 3. The van der Waals surface area contributed by atoms with Gasteiger partial charge >= 0.3 is 0 Å². The van der Waals surface area contributed by atoms with E-state index < -0.39 is 17.1 Å². The molecule has 0 saturated heterocycles. The largest absolute Gasteiger partial charge is 0.392 e. The first-order valence-electron chi connectivity index (χ1n) is 9.19. The van der Waals surface area contributed by atoms with Crippen LogP contribution in [-0.4, -0.2) is 27.0 Å². The molecule has 0 amide bonds. The molecule has 2 heterocycles. The van der Waals surface area contributed by atoms with E-state index in [1.165, 1.54) is 6.07 Å². The molecule has 0 saturated carbocycles. The van der Waals surface area contributed by atoms with Gasteiger partial charge < -0.3 is 14.5 Å². The Morgan fingerprint density at radius 3 is 2.76 bits per heavy atom. The number of aliphatic hydroxyl groups excluding tert-OH is 1. The number of nitro benzene ring substituents is 1. The Balaban J connectivity index is 1.41. The zero-order valence-corrected chi connectivity index (χ0v) is 15.7. The second-order valence-corrected chi connectivity index (χ2v) is 6.98. The maximum atomic E-state index is 11.2. The van der Waals surface area contributed by atoms with Gasteiger partial charge in [-0.3, -0.25) is 10.1 Å². The Bertz CT molecular complexity index is 1060. The first kappa shape index (κ1) is 18.8. The summed E-state index contributed by atoms with van der Waals surface area (Å²) in [6, 6.07) is 15.9. The molecular weight excluding hydrogens is 374 g/mol. The number of aryl methyl sites for hydroxylation is 1. The molecule has 8 heteroatoms. The van der Waals surface area contributed by atoms with Gasteiger partial charge in [0.15, 0.2) is 5.76 Å². The molecule has 1 N–H and O–H groups in total. The lowest BCUT2D eigenvalue weighted by Gasteiger charge is -2.11. The number of aliphatic hydroxyl groups is 1. The predicted molar refractivity (Wildman–Crippen MR) is 105 cm³/mol. The lowest BCUT2D eigenvalue weighted by Crippen LogP contribution is -2.13. The maximum Gasteiger partial charge on any atom is 0.278 e. The molecule has 0 spiro atoms. The van der Waals surface area contributed by atoms with E-state index in [1.807, 2.05) is 31.2 Å². The van der Waals surface area contributed by atoms with Crippen LogP contribution in [0.25, 0.3) is 11.3 Å². The minimum absolute atomic E-state index is 0.0194. The summed E-state index contributed by atoms with van der Waals surface area (Å²) in [5.74, 6) is 0.336. The number of hydrogen-bond donors (Lipinski definition) is 1. The van der Waals surface area contributed by atoms with Crippen LogP contribution in [0.3, 0.4) is 0 Å². The Morgan fingerprint density at radius 2 is 2.00 bits per heavy atom. The summed E-state index contributed by atoms with van der Waals surface area (Å²) in [5, 5.41) is 29.7. The van der Waals surface area contributed by atoms with Crippen LogP contribution >= 0.6 is 0 Å². The molecule has 8 nitrogen and oxygen atoms in total.